The van der Waals surface area contributed by atoms with E-state index in [2.05, 4.69) is 5.32 Å². The van der Waals surface area contributed by atoms with Gasteiger partial charge in [0.05, 0.1) is 11.1 Å². The van der Waals surface area contributed by atoms with E-state index >= 15 is 0 Å². The molecule has 7 heteroatoms. The number of rotatable bonds is 3. The lowest BCUT2D eigenvalue weighted by Gasteiger charge is -2.24. The molecule has 1 N–H and O–H groups in total. The van der Waals surface area contributed by atoms with Gasteiger partial charge >= 0.3 is 12.1 Å². The van der Waals surface area contributed by atoms with Crippen LogP contribution in [-0.2, 0) is 23.9 Å². The van der Waals surface area contributed by atoms with Crippen LogP contribution in [0.25, 0.3) is 0 Å². The molecular formula is C15H15F3N2O2. The van der Waals surface area contributed by atoms with Crippen LogP contribution in [0, 0.1) is 0 Å². The Labute approximate surface area is 125 Å². The molecule has 0 aliphatic carbocycles. The van der Waals surface area contributed by atoms with E-state index < -0.39 is 17.7 Å². The fourth-order valence-corrected chi connectivity index (χ4v) is 2.67. The quantitative estimate of drug-likeness (QED) is 0.870. The van der Waals surface area contributed by atoms with Gasteiger partial charge in [0, 0.05) is 37.6 Å². The molecule has 0 amide bonds. The number of ether oxygens (including phenoxy) is 1. The van der Waals surface area contributed by atoms with Crippen molar-refractivity contribution in [2.45, 2.75) is 19.2 Å². The molecule has 1 aromatic carbocycles. The first-order chi connectivity index (χ1) is 10.4. The van der Waals surface area contributed by atoms with Gasteiger partial charge in [0.15, 0.2) is 0 Å². The lowest BCUT2D eigenvalue weighted by Crippen LogP contribution is -2.32. The molecule has 0 saturated carbocycles. The lowest BCUT2D eigenvalue weighted by molar-refractivity contribution is -0.138. The summed E-state index contributed by atoms with van der Waals surface area (Å²) in [5, 5.41) is 3.03. The highest BCUT2D eigenvalue weighted by molar-refractivity contribution is 5.93. The summed E-state index contributed by atoms with van der Waals surface area (Å²) in [6, 6.07) is 2.38. The zero-order valence-electron chi connectivity index (χ0n) is 11.7. The number of halogens is 3. The van der Waals surface area contributed by atoms with Crippen molar-refractivity contribution in [3.05, 3.63) is 46.8 Å². The van der Waals surface area contributed by atoms with Gasteiger partial charge in [-0.05, 0) is 18.1 Å². The van der Waals surface area contributed by atoms with Crippen LogP contribution >= 0.6 is 0 Å². The fraction of sp³-hybridized carbons (Fsp3) is 0.400. The summed E-state index contributed by atoms with van der Waals surface area (Å²) < 4.78 is 44.5. The predicted octanol–water partition coefficient (Wildman–Crippen LogP) is 2.29. The monoisotopic (exact) mass is 312 g/mol. The van der Waals surface area contributed by atoms with Crippen LogP contribution in [-0.4, -0.2) is 30.5 Å². The first kappa shape index (κ1) is 14.7. The number of carbonyl (C=O) groups is 1. The molecule has 0 atom stereocenters. The van der Waals surface area contributed by atoms with E-state index in [1.54, 1.807) is 6.20 Å². The van der Waals surface area contributed by atoms with Gasteiger partial charge in [0.2, 0.25) is 0 Å². The maximum atomic E-state index is 13.2. The first-order valence-corrected chi connectivity index (χ1v) is 6.99. The Balaban J connectivity index is 1.87. The van der Waals surface area contributed by atoms with E-state index in [0.717, 1.165) is 19.2 Å². The normalized spacial score (nSPS) is 17.2. The molecule has 0 radical (unpaired) electrons. The van der Waals surface area contributed by atoms with Crippen molar-refractivity contribution in [3.63, 3.8) is 0 Å². The molecule has 118 valence electrons. The van der Waals surface area contributed by atoms with E-state index in [4.69, 9.17) is 4.74 Å². The second-order valence-electron chi connectivity index (χ2n) is 5.30. The van der Waals surface area contributed by atoms with Gasteiger partial charge in [0.25, 0.3) is 0 Å². The zero-order valence-corrected chi connectivity index (χ0v) is 11.7. The Bertz CT molecular complexity index is 626. The van der Waals surface area contributed by atoms with Gasteiger partial charge in [-0.2, -0.15) is 13.2 Å². The van der Waals surface area contributed by atoms with E-state index in [1.165, 1.54) is 6.07 Å². The smallest absolute Gasteiger partial charge is 0.416 e. The summed E-state index contributed by atoms with van der Waals surface area (Å²) in [6.07, 6.45) is -0.604. The standard InChI is InChI=1S/C15H15F3N2O2/c16-15(17,18)13-8-12-11(9-22-14(12)21)7-10(13)1-4-20-5-2-19-3-6-20/h2,5,7-8,19H,1,3-4,6,9H2. The number of fused-ring (bicyclic) bond motifs is 1. The second-order valence-corrected chi connectivity index (χ2v) is 5.30. The summed E-state index contributed by atoms with van der Waals surface area (Å²) in [7, 11) is 0. The van der Waals surface area contributed by atoms with Crippen molar-refractivity contribution in [2.24, 2.45) is 0 Å². The van der Waals surface area contributed by atoms with Crippen LogP contribution in [0.1, 0.15) is 27.0 Å². The molecule has 0 saturated heterocycles. The molecule has 4 nitrogen and oxygen atoms in total. The third-order valence-corrected chi connectivity index (χ3v) is 3.83. The van der Waals surface area contributed by atoms with Crippen molar-refractivity contribution < 1.29 is 22.7 Å². The number of cyclic esters (lactones) is 1. The van der Waals surface area contributed by atoms with Crippen molar-refractivity contribution in [2.75, 3.05) is 19.6 Å². The topological polar surface area (TPSA) is 41.6 Å². The van der Waals surface area contributed by atoms with Crippen LogP contribution in [0.15, 0.2) is 24.5 Å². The maximum Gasteiger partial charge on any atom is 0.416 e. The summed E-state index contributed by atoms with van der Waals surface area (Å²) >= 11 is 0. The summed E-state index contributed by atoms with van der Waals surface area (Å²) in [6.45, 7) is 2.07. The minimum atomic E-state index is -4.48. The highest BCUT2D eigenvalue weighted by Crippen LogP contribution is 2.36. The Hall–Kier alpha value is -2.18. The van der Waals surface area contributed by atoms with Gasteiger partial charge in [-0.25, -0.2) is 4.79 Å². The largest absolute Gasteiger partial charge is 0.457 e. The number of esters is 1. The molecule has 1 aromatic rings. The van der Waals surface area contributed by atoms with Gasteiger partial charge < -0.3 is 15.0 Å². The van der Waals surface area contributed by atoms with E-state index in [9.17, 15) is 18.0 Å². The van der Waals surface area contributed by atoms with Gasteiger partial charge in [-0.3, -0.25) is 0 Å². The molecule has 3 rings (SSSR count). The molecule has 2 aliphatic rings. The number of benzene rings is 1. The number of nitrogens with zero attached hydrogens (tertiary/aromatic N) is 1. The molecule has 0 fully saturated rings. The summed E-state index contributed by atoms with van der Waals surface area (Å²) in [5.41, 5.74) is 0.0164. The van der Waals surface area contributed by atoms with Crippen LogP contribution < -0.4 is 5.32 Å². The van der Waals surface area contributed by atoms with E-state index in [0.29, 0.717) is 12.1 Å². The van der Waals surface area contributed by atoms with Crippen molar-refractivity contribution in [3.8, 4) is 0 Å². The molecule has 2 aliphatic heterocycles. The Morgan fingerprint density at radius 1 is 1.32 bits per heavy atom. The Morgan fingerprint density at radius 2 is 2.14 bits per heavy atom. The van der Waals surface area contributed by atoms with Crippen molar-refractivity contribution in [1.82, 2.24) is 10.2 Å². The first-order valence-electron chi connectivity index (χ1n) is 6.99. The Morgan fingerprint density at radius 3 is 2.82 bits per heavy atom. The number of nitrogens with one attached hydrogen (secondary N) is 1. The number of hydrogen-bond donors (Lipinski definition) is 1. The summed E-state index contributed by atoms with van der Waals surface area (Å²) in [5.74, 6) is -0.683. The zero-order chi connectivity index (χ0) is 15.7. The van der Waals surface area contributed by atoms with Gasteiger partial charge in [-0.1, -0.05) is 6.07 Å². The minimum absolute atomic E-state index is 0.0261. The second kappa shape index (κ2) is 5.55. The molecule has 0 bridgehead atoms. The minimum Gasteiger partial charge on any atom is -0.457 e. The van der Waals surface area contributed by atoms with Gasteiger partial charge in [-0.15, -0.1) is 0 Å². The summed E-state index contributed by atoms with van der Waals surface area (Å²) in [4.78, 5) is 13.4. The fourth-order valence-electron chi connectivity index (χ4n) is 2.67. The number of alkyl halides is 3. The third kappa shape index (κ3) is 2.88. The maximum absolute atomic E-state index is 13.2. The van der Waals surface area contributed by atoms with Crippen LogP contribution in [0.3, 0.4) is 0 Å². The molecular weight excluding hydrogens is 297 g/mol. The highest BCUT2D eigenvalue weighted by atomic mass is 19.4. The average Bonchev–Trinajstić information content (AvgIpc) is 2.85. The van der Waals surface area contributed by atoms with Crippen LogP contribution in [0.4, 0.5) is 13.2 Å². The van der Waals surface area contributed by atoms with Crippen molar-refractivity contribution >= 4 is 5.97 Å². The molecule has 2 heterocycles. The number of carbonyl (C=O) groups excluding carboxylic acids is 1. The number of hydrogen-bond acceptors (Lipinski definition) is 4. The third-order valence-electron chi connectivity index (χ3n) is 3.83. The molecule has 22 heavy (non-hydrogen) atoms. The van der Waals surface area contributed by atoms with E-state index in [1.807, 2.05) is 11.1 Å². The average molecular weight is 312 g/mol. The molecule has 0 unspecified atom stereocenters. The van der Waals surface area contributed by atoms with E-state index in [-0.39, 0.29) is 24.2 Å². The van der Waals surface area contributed by atoms with Crippen molar-refractivity contribution in [1.29, 1.82) is 0 Å². The van der Waals surface area contributed by atoms with Crippen LogP contribution in [0.2, 0.25) is 0 Å². The molecule has 0 spiro atoms. The predicted molar refractivity (Wildman–Crippen MR) is 73.0 cm³/mol. The highest BCUT2D eigenvalue weighted by Gasteiger charge is 2.36. The lowest BCUT2D eigenvalue weighted by atomic mass is 9.97. The van der Waals surface area contributed by atoms with Crippen LogP contribution in [0.5, 0.6) is 0 Å². The van der Waals surface area contributed by atoms with Gasteiger partial charge in [0.1, 0.15) is 6.61 Å². The molecule has 0 aromatic heterocycles. The Kier molecular flexibility index (Phi) is 3.72. The SMILES string of the molecule is O=C1OCc2cc(CCN3C=CNCC3)c(C(F)(F)F)cc21.